The van der Waals surface area contributed by atoms with Crippen molar-refractivity contribution in [2.45, 2.75) is 59.4 Å². The van der Waals surface area contributed by atoms with Crippen LogP contribution in [0.25, 0.3) is 0 Å². The molecule has 0 aromatic heterocycles. The van der Waals surface area contributed by atoms with Gasteiger partial charge in [0.25, 0.3) is 0 Å². The molecule has 0 radical (unpaired) electrons. The molecule has 1 nitrogen and oxygen atoms in total. The lowest BCUT2D eigenvalue weighted by Crippen LogP contribution is -2.27. The van der Waals surface area contributed by atoms with Gasteiger partial charge >= 0.3 is 0 Å². The van der Waals surface area contributed by atoms with Gasteiger partial charge in [-0.1, -0.05) is 45.9 Å². The van der Waals surface area contributed by atoms with E-state index in [0.717, 1.165) is 13.1 Å². The van der Waals surface area contributed by atoms with E-state index in [2.05, 4.69) is 58.1 Å². The average molecular weight is 245 g/mol. The maximum absolute atomic E-state index is 3.44. The van der Waals surface area contributed by atoms with Crippen LogP contribution in [-0.2, 0) is 12.0 Å². The van der Waals surface area contributed by atoms with Gasteiger partial charge in [0.15, 0.2) is 0 Å². The molecule has 0 saturated heterocycles. The number of benzene rings is 1. The van der Waals surface area contributed by atoms with E-state index in [1.54, 1.807) is 5.56 Å². The quantitative estimate of drug-likeness (QED) is 0.839. The molecule has 1 aromatic carbocycles. The van der Waals surface area contributed by atoms with Crippen molar-refractivity contribution in [2.75, 3.05) is 6.54 Å². The smallest absolute Gasteiger partial charge is 0.0208 e. The molecule has 18 heavy (non-hydrogen) atoms. The van der Waals surface area contributed by atoms with E-state index in [1.807, 2.05) is 0 Å². The van der Waals surface area contributed by atoms with E-state index in [1.165, 1.54) is 24.0 Å². The summed E-state index contributed by atoms with van der Waals surface area (Å²) in [6, 6.07) is 6.85. The largest absolute Gasteiger partial charge is 0.313 e. The van der Waals surface area contributed by atoms with E-state index in [0.29, 0.717) is 10.8 Å². The fourth-order valence-electron chi connectivity index (χ4n) is 3.20. The summed E-state index contributed by atoms with van der Waals surface area (Å²) in [5.41, 5.74) is 5.36. The molecule has 0 aliphatic heterocycles. The predicted octanol–water partition coefficient (Wildman–Crippen LogP) is 4.18. The number of nitrogens with one attached hydrogen (secondary N) is 1. The molecular formula is C17H27N. The second-order valence-electron chi connectivity index (χ2n) is 6.70. The Hall–Kier alpha value is -0.820. The van der Waals surface area contributed by atoms with Crippen LogP contribution in [0.1, 0.15) is 57.2 Å². The molecule has 2 rings (SSSR count). The third kappa shape index (κ3) is 2.21. The SMILES string of the molecule is CCNCc1cccc(C2(C(C)(C)C)CC2)c1C. The highest BCUT2D eigenvalue weighted by Crippen LogP contribution is 2.60. The van der Waals surface area contributed by atoms with E-state index < -0.39 is 0 Å². The molecule has 0 atom stereocenters. The Morgan fingerprint density at radius 2 is 1.89 bits per heavy atom. The minimum Gasteiger partial charge on any atom is -0.313 e. The van der Waals surface area contributed by atoms with Crippen LogP contribution in [0.5, 0.6) is 0 Å². The van der Waals surface area contributed by atoms with Gasteiger partial charge in [-0.2, -0.15) is 0 Å². The lowest BCUT2D eigenvalue weighted by atomic mass is 9.71. The van der Waals surface area contributed by atoms with Gasteiger partial charge in [0.1, 0.15) is 0 Å². The second-order valence-corrected chi connectivity index (χ2v) is 6.70. The molecule has 0 unspecified atom stereocenters. The third-order valence-electron chi connectivity index (χ3n) is 4.71. The Kier molecular flexibility index (Phi) is 3.55. The van der Waals surface area contributed by atoms with Crippen molar-refractivity contribution in [3.05, 3.63) is 34.9 Å². The molecule has 1 aliphatic carbocycles. The maximum Gasteiger partial charge on any atom is 0.0208 e. The second kappa shape index (κ2) is 4.70. The lowest BCUT2D eigenvalue weighted by Gasteiger charge is -2.33. The van der Waals surface area contributed by atoms with Crippen LogP contribution in [0, 0.1) is 12.3 Å². The van der Waals surface area contributed by atoms with Crippen LogP contribution in [0.15, 0.2) is 18.2 Å². The molecule has 1 saturated carbocycles. The fraction of sp³-hybridized carbons (Fsp3) is 0.647. The van der Waals surface area contributed by atoms with Crippen molar-refractivity contribution in [2.24, 2.45) is 5.41 Å². The van der Waals surface area contributed by atoms with Gasteiger partial charge in [-0.3, -0.25) is 0 Å². The van der Waals surface area contributed by atoms with Gasteiger partial charge in [-0.25, -0.2) is 0 Å². The van der Waals surface area contributed by atoms with E-state index in [-0.39, 0.29) is 0 Å². The summed E-state index contributed by atoms with van der Waals surface area (Å²) < 4.78 is 0. The molecule has 0 heterocycles. The molecule has 1 aliphatic rings. The number of hydrogen-bond acceptors (Lipinski definition) is 1. The van der Waals surface area contributed by atoms with Gasteiger partial charge in [-0.05, 0) is 48.4 Å². The van der Waals surface area contributed by atoms with Crippen molar-refractivity contribution in [1.82, 2.24) is 5.32 Å². The van der Waals surface area contributed by atoms with Crippen LogP contribution in [0.4, 0.5) is 0 Å². The third-order valence-corrected chi connectivity index (χ3v) is 4.71. The molecule has 1 heteroatoms. The van der Waals surface area contributed by atoms with Gasteiger partial charge in [0.05, 0.1) is 0 Å². The van der Waals surface area contributed by atoms with Gasteiger partial charge in [0.2, 0.25) is 0 Å². The summed E-state index contributed by atoms with van der Waals surface area (Å²) in [6.07, 6.45) is 2.70. The predicted molar refractivity (Wildman–Crippen MR) is 78.9 cm³/mol. The summed E-state index contributed by atoms with van der Waals surface area (Å²) in [6.45, 7) is 13.7. The van der Waals surface area contributed by atoms with Gasteiger partial charge < -0.3 is 5.32 Å². The van der Waals surface area contributed by atoms with Gasteiger partial charge in [0, 0.05) is 12.0 Å². The highest BCUT2D eigenvalue weighted by atomic mass is 14.8. The molecule has 0 amide bonds. The zero-order valence-electron chi connectivity index (χ0n) is 12.6. The average Bonchev–Trinajstić information content (AvgIpc) is 3.08. The van der Waals surface area contributed by atoms with Crippen LogP contribution < -0.4 is 5.32 Å². The highest BCUT2D eigenvalue weighted by molar-refractivity contribution is 5.44. The summed E-state index contributed by atoms with van der Waals surface area (Å²) in [5.74, 6) is 0. The molecule has 1 N–H and O–H groups in total. The van der Waals surface area contributed by atoms with Gasteiger partial charge in [-0.15, -0.1) is 0 Å². The Labute approximate surface area is 112 Å². The number of hydrogen-bond donors (Lipinski definition) is 1. The van der Waals surface area contributed by atoms with E-state index in [4.69, 9.17) is 0 Å². The molecule has 1 fully saturated rings. The molecule has 100 valence electrons. The Morgan fingerprint density at radius 3 is 2.39 bits per heavy atom. The minimum absolute atomic E-state index is 0.370. The van der Waals surface area contributed by atoms with Crippen LogP contribution in [0.2, 0.25) is 0 Å². The number of rotatable bonds is 4. The highest BCUT2D eigenvalue weighted by Gasteiger charge is 2.53. The van der Waals surface area contributed by atoms with Crippen LogP contribution >= 0.6 is 0 Å². The first-order chi connectivity index (χ1) is 8.42. The van der Waals surface area contributed by atoms with Crippen molar-refractivity contribution < 1.29 is 0 Å². The molecule has 1 aromatic rings. The lowest BCUT2D eigenvalue weighted by molar-refractivity contribution is 0.297. The Morgan fingerprint density at radius 1 is 1.22 bits per heavy atom. The Bertz CT molecular complexity index is 422. The standard InChI is InChI=1S/C17H27N/c1-6-18-12-14-8-7-9-15(13(14)2)17(10-11-17)16(3,4)5/h7-9,18H,6,10-12H2,1-5H3. The summed E-state index contributed by atoms with van der Waals surface area (Å²) >= 11 is 0. The zero-order valence-corrected chi connectivity index (χ0v) is 12.6. The van der Waals surface area contributed by atoms with E-state index in [9.17, 15) is 0 Å². The van der Waals surface area contributed by atoms with Crippen molar-refractivity contribution in [3.63, 3.8) is 0 Å². The molecule has 0 bridgehead atoms. The maximum atomic E-state index is 3.44. The van der Waals surface area contributed by atoms with Crippen molar-refractivity contribution in [3.8, 4) is 0 Å². The molecular weight excluding hydrogens is 218 g/mol. The summed E-state index contributed by atoms with van der Waals surface area (Å²) in [5, 5.41) is 3.44. The topological polar surface area (TPSA) is 12.0 Å². The Balaban J connectivity index is 2.35. The van der Waals surface area contributed by atoms with Crippen molar-refractivity contribution in [1.29, 1.82) is 0 Å². The fourth-order valence-corrected chi connectivity index (χ4v) is 3.20. The van der Waals surface area contributed by atoms with Crippen LogP contribution in [-0.4, -0.2) is 6.54 Å². The minimum atomic E-state index is 0.370. The zero-order chi connectivity index (χ0) is 13.4. The normalized spacial score (nSPS) is 17.8. The molecule has 0 spiro atoms. The summed E-state index contributed by atoms with van der Waals surface area (Å²) in [4.78, 5) is 0. The first kappa shape index (κ1) is 13.6. The van der Waals surface area contributed by atoms with Crippen molar-refractivity contribution >= 4 is 0 Å². The first-order valence-electron chi connectivity index (χ1n) is 7.22. The van der Waals surface area contributed by atoms with E-state index >= 15 is 0 Å². The van der Waals surface area contributed by atoms with Crippen LogP contribution in [0.3, 0.4) is 0 Å². The monoisotopic (exact) mass is 245 g/mol. The summed E-state index contributed by atoms with van der Waals surface area (Å²) in [7, 11) is 0. The first-order valence-corrected chi connectivity index (χ1v) is 7.22.